The fraction of sp³-hybridized carbons (Fsp3) is 0.222. The van der Waals surface area contributed by atoms with E-state index >= 15 is 0 Å². The van der Waals surface area contributed by atoms with Crippen LogP contribution >= 0.6 is 11.8 Å². The predicted octanol–water partition coefficient (Wildman–Crippen LogP) is 2.77. The second kappa shape index (κ2) is 4.18. The van der Waals surface area contributed by atoms with E-state index in [0.717, 1.165) is 10.5 Å². The van der Waals surface area contributed by atoms with Gasteiger partial charge in [0.25, 0.3) is 0 Å². The molecule has 3 nitrogen and oxygen atoms in total. The molecule has 0 heterocycles. The van der Waals surface area contributed by atoms with E-state index in [0.29, 0.717) is 5.75 Å². The van der Waals surface area contributed by atoms with Gasteiger partial charge in [0.1, 0.15) is 5.75 Å². The van der Waals surface area contributed by atoms with Crippen molar-refractivity contribution in [3.05, 3.63) is 23.8 Å². The van der Waals surface area contributed by atoms with Gasteiger partial charge in [-0.25, -0.2) is 4.79 Å². The molecule has 0 aromatic heterocycles. The molecule has 0 saturated carbocycles. The molecule has 0 atom stereocenters. The Morgan fingerprint density at radius 3 is 2.69 bits per heavy atom. The molecule has 0 bridgehead atoms. The Kier molecular flexibility index (Phi) is 3.19. The van der Waals surface area contributed by atoms with Crippen LogP contribution in [0.2, 0.25) is 0 Å². The van der Waals surface area contributed by atoms with Crippen LogP contribution in [0.4, 0.5) is 4.79 Å². The zero-order valence-corrected chi connectivity index (χ0v) is 8.22. The lowest BCUT2D eigenvalue weighted by atomic mass is 10.2. The van der Waals surface area contributed by atoms with Crippen molar-refractivity contribution in [3.8, 4) is 5.75 Å². The summed E-state index contributed by atoms with van der Waals surface area (Å²) < 4.78 is 4.50. The van der Waals surface area contributed by atoms with Gasteiger partial charge in [-0.15, -0.1) is 11.8 Å². The number of benzene rings is 1. The molecule has 0 saturated heterocycles. The minimum absolute atomic E-state index is 0.364. The maximum Gasteiger partial charge on any atom is 0.511 e. The van der Waals surface area contributed by atoms with Crippen molar-refractivity contribution in [1.82, 2.24) is 0 Å². The normalized spacial score (nSPS) is 9.69. The Morgan fingerprint density at radius 1 is 1.54 bits per heavy atom. The Balaban J connectivity index is 2.89. The first-order valence-electron chi connectivity index (χ1n) is 3.69. The Hall–Kier alpha value is -1.16. The van der Waals surface area contributed by atoms with Gasteiger partial charge in [0.2, 0.25) is 0 Å². The quantitative estimate of drug-likeness (QED) is 0.451. The molecule has 13 heavy (non-hydrogen) atoms. The fourth-order valence-corrected chi connectivity index (χ4v) is 1.60. The highest BCUT2D eigenvalue weighted by Crippen LogP contribution is 2.24. The third-order valence-corrected chi connectivity index (χ3v) is 2.47. The van der Waals surface area contributed by atoms with Gasteiger partial charge < -0.3 is 9.84 Å². The van der Waals surface area contributed by atoms with Gasteiger partial charge in [0.15, 0.2) is 0 Å². The van der Waals surface area contributed by atoms with Crippen LogP contribution in [0.25, 0.3) is 0 Å². The summed E-state index contributed by atoms with van der Waals surface area (Å²) in [6.07, 6.45) is 0.691. The van der Waals surface area contributed by atoms with Gasteiger partial charge in [-0.1, -0.05) is 0 Å². The Bertz CT molecular complexity index is 323. The molecule has 1 aromatic carbocycles. The van der Waals surface area contributed by atoms with Gasteiger partial charge >= 0.3 is 6.16 Å². The van der Waals surface area contributed by atoms with Gasteiger partial charge in [-0.2, -0.15) is 0 Å². The summed E-state index contributed by atoms with van der Waals surface area (Å²) in [5.41, 5.74) is 1.02. The summed E-state index contributed by atoms with van der Waals surface area (Å²) in [5.74, 6) is 0.364. The molecule has 4 heteroatoms. The van der Waals surface area contributed by atoms with E-state index in [-0.39, 0.29) is 0 Å². The van der Waals surface area contributed by atoms with E-state index in [1.54, 1.807) is 23.9 Å². The molecule has 0 amide bonds. The molecule has 70 valence electrons. The summed E-state index contributed by atoms with van der Waals surface area (Å²) in [6, 6.07) is 5.20. The second-order valence-electron chi connectivity index (χ2n) is 2.50. The summed E-state index contributed by atoms with van der Waals surface area (Å²) in [4.78, 5) is 11.3. The molecule has 0 aliphatic heterocycles. The van der Waals surface area contributed by atoms with Gasteiger partial charge in [-0.3, -0.25) is 0 Å². The number of aryl methyl sites for hydroxylation is 1. The van der Waals surface area contributed by atoms with E-state index in [1.165, 1.54) is 0 Å². The zero-order chi connectivity index (χ0) is 9.84. The van der Waals surface area contributed by atoms with Gasteiger partial charge in [-0.05, 0) is 36.9 Å². The van der Waals surface area contributed by atoms with Crippen molar-refractivity contribution in [2.75, 3.05) is 6.26 Å². The van der Waals surface area contributed by atoms with Crippen LogP contribution in [0.5, 0.6) is 5.75 Å². The zero-order valence-electron chi connectivity index (χ0n) is 7.40. The number of thioether (sulfide) groups is 1. The lowest BCUT2D eigenvalue weighted by Crippen LogP contribution is -2.02. The van der Waals surface area contributed by atoms with E-state index in [2.05, 4.69) is 4.74 Å². The van der Waals surface area contributed by atoms with E-state index in [9.17, 15) is 4.79 Å². The van der Waals surface area contributed by atoms with Crippen LogP contribution in [0, 0.1) is 6.92 Å². The second-order valence-corrected chi connectivity index (χ2v) is 3.35. The lowest BCUT2D eigenvalue weighted by Gasteiger charge is -2.04. The van der Waals surface area contributed by atoms with Crippen molar-refractivity contribution < 1.29 is 14.6 Å². The molecule has 1 rings (SSSR count). The maximum absolute atomic E-state index is 10.2. The van der Waals surface area contributed by atoms with Crippen LogP contribution < -0.4 is 4.74 Å². The highest BCUT2D eigenvalue weighted by Gasteiger charge is 2.02. The van der Waals surface area contributed by atoms with Gasteiger partial charge in [0.05, 0.1) is 0 Å². The standard InChI is InChI=1S/C9H10O3S/c1-6-5-7(12-9(10)11)3-4-8(6)13-2/h3-5H,1-2H3,(H,10,11). The largest absolute Gasteiger partial charge is 0.511 e. The van der Waals surface area contributed by atoms with Crippen molar-refractivity contribution >= 4 is 17.9 Å². The molecule has 0 fully saturated rings. The van der Waals surface area contributed by atoms with Crippen LogP contribution in [0.1, 0.15) is 5.56 Å². The van der Waals surface area contributed by atoms with Crippen LogP contribution in [0.15, 0.2) is 23.1 Å². The first-order valence-corrected chi connectivity index (χ1v) is 4.91. The first-order chi connectivity index (χ1) is 6.13. The molecule has 0 aliphatic carbocycles. The monoisotopic (exact) mass is 198 g/mol. The van der Waals surface area contributed by atoms with E-state index < -0.39 is 6.16 Å². The van der Waals surface area contributed by atoms with Crippen molar-refractivity contribution in [2.24, 2.45) is 0 Å². The Morgan fingerprint density at radius 2 is 2.23 bits per heavy atom. The van der Waals surface area contributed by atoms with Crippen molar-refractivity contribution in [3.63, 3.8) is 0 Å². The molecular formula is C9H10O3S. The third kappa shape index (κ3) is 2.66. The molecule has 0 radical (unpaired) electrons. The van der Waals surface area contributed by atoms with Crippen LogP contribution in [0.3, 0.4) is 0 Å². The summed E-state index contributed by atoms with van der Waals surface area (Å²) in [6.45, 7) is 1.92. The predicted molar refractivity (Wildman–Crippen MR) is 51.6 cm³/mol. The average Bonchev–Trinajstić information content (AvgIpc) is 2.03. The number of rotatable bonds is 2. The smallest absolute Gasteiger partial charge is 0.449 e. The third-order valence-electron chi connectivity index (χ3n) is 1.57. The number of carboxylic acid groups (broad SMARTS) is 1. The average molecular weight is 198 g/mol. The Labute approximate surface area is 80.7 Å². The molecule has 0 spiro atoms. The summed E-state index contributed by atoms with van der Waals surface area (Å²) in [5, 5.41) is 8.36. The molecular weight excluding hydrogens is 188 g/mol. The highest BCUT2D eigenvalue weighted by molar-refractivity contribution is 7.98. The van der Waals surface area contributed by atoms with E-state index in [4.69, 9.17) is 5.11 Å². The first kappa shape index (κ1) is 9.92. The van der Waals surface area contributed by atoms with Crippen molar-refractivity contribution in [1.29, 1.82) is 0 Å². The molecule has 1 aromatic rings. The van der Waals surface area contributed by atoms with Crippen LogP contribution in [-0.4, -0.2) is 17.5 Å². The number of hydrogen-bond donors (Lipinski definition) is 1. The minimum Gasteiger partial charge on any atom is -0.449 e. The fourth-order valence-electron chi connectivity index (χ4n) is 1.02. The summed E-state index contributed by atoms with van der Waals surface area (Å²) >= 11 is 1.62. The highest BCUT2D eigenvalue weighted by atomic mass is 32.2. The van der Waals surface area contributed by atoms with Gasteiger partial charge in [0, 0.05) is 4.90 Å². The number of carbonyl (C=O) groups is 1. The number of hydrogen-bond acceptors (Lipinski definition) is 3. The number of ether oxygens (including phenoxy) is 1. The minimum atomic E-state index is -1.28. The molecule has 0 unspecified atom stereocenters. The molecule has 0 aliphatic rings. The van der Waals surface area contributed by atoms with Crippen LogP contribution in [-0.2, 0) is 0 Å². The maximum atomic E-state index is 10.2. The summed E-state index contributed by atoms with van der Waals surface area (Å²) in [7, 11) is 0. The lowest BCUT2D eigenvalue weighted by molar-refractivity contribution is 0.144. The van der Waals surface area contributed by atoms with Crippen molar-refractivity contribution in [2.45, 2.75) is 11.8 Å². The topological polar surface area (TPSA) is 46.5 Å². The molecule has 1 N–H and O–H groups in total. The van der Waals surface area contributed by atoms with E-state index in [1.807, 2.05) is 19.2 Å². The SMILES string of the molecule is CSc1ccc(OC(=O)O)cc1C.